The Morgan fingerprint density at radius 3 is 2.41 bits per heavy atom. The quantitative estimate of drug-likeness (QED) is 0.588. The lowest BCUT2D eigenvalue weighted by Crippen LogP contribution is -2.49. The van der Waals surface area contributed by atoms with Crippen molar-refractivity contribution < 1.29 is 22.8 Å². The number of sulfonamides is 1. The molecule has 9 heteroatoms. The molecule has 1 aliphatic heterocycles. The van der Waals surface area contributed by atoms with Gasteiger partial charge in [0, 0.05) is 26.1 Å². The van der Waals surface area contributed by atoms with E-state index in [9.17, 15) is 22.8 Å². The van der Waals surface area contributed by atoms with Gasteiger partial charge in [-0.25, -0.2) is 12.7 Å². The van der Waals surface area contributed by atoms with Gasteiger partial charge in [-0.05, 0) is 37.5 Å². The molecule has 3 amide bonds. The zero-order valence-electron chi connectivity index (χ0n) is 19.9. The monoisotopic (exact) mass is 485 g/mol. The maximum Gasteiger partial charge on any atom is 0.269 e. The SMILES string of the molecule is Cc1cccc(CN(C(=O)CCN2C(=O)c3ccccc3S2(=O)=O)[C@@H](C)C(=O)NCC(C)C)c1. The highest BCUT2D eigenvalue weighted by Gasteiger charge is 2.41. The summed E-state index contributed by atoms with van der Waals surface area (Å²) in [5.74, 6) is -1.08. The smallest absolute Gasteiger partial charge is 0.269 e. The third kappa shape index (κ3) is 5.47. The highest BCUT2D eigenvalue weighted by molar-refractivity contribution is 7.90. The van der Waals surface area contributed by atoms with Gasteiger partial charge in [0.05, 0.1) is 5.56 Å². The number of carbonyl (C=O) groups is 3. The Bertz CT molecular complexity index is 1190. The number of hydrogen-bond donors (Lipinski definition) is 1. The first-order valence-corrected chi connectivity index (χ1v) is 12.7. The molecule has 2 aromatic carbocycles. The van der Waals surface area contributed by atoms with E-state index < -0.39 is 27.9 Å². The van der Waals surface area contributed by atoms with Crippen LogP contribution in [0.15, 0.2) is 53.4 Å². The molecule has 1 N–H and O–H groups in total. The normalized spacial score (nSPS) is 15.2. The van der Waals surface area contributed by atoms with E-state index in [2.05, 4.69) is 5.32 Å². The third-order valence-corrected chi connectivity index (χ3v) is 7.57. The summed E-state index contributed by atoms with van der Waals surface area (Å²) >= 11 is 0. The van der Waals surface area contributed by atoms with Gasteiger partial charge < -0.3 is 10.2 Å². The molecule has 1 aliphatic rings. The number of nitrogens with zero attached hydrogens (tertiary/aromatic N) is 2. The van der Waals surface area contributed by atoms with E-state index in [0.29, 0.717) is 6.54 Å². The molecule has 1 atom stereocenters. The van der Waals surface area contributed by atoms with E-state index in [1.807, 2.05) is 45.0 Å². The zero-order chi connectivity index (χ0) is 25.0. The molecule has 0 bridgehead atoms. The number of rotatable bonds is 9. The second-order valence-electron chi connectivity index (χ2n) is 8.95. The summed E-state index contributed by atoms with van der Waals surface area (Å²) in [6.45, 7) is 7.93. The van der Waals surface area contributed by atoms with E-state index in [4.69, 9.17) is 0 Å². The van der Waals surface area contributed by atoms with E-state index in [-0.39, 0.29) is 41.8 Å². The van der Waals surface area contributed by atoms with Gasteiger partial charge in [-0.15, -0.1) is 0 Å². The molecular formula is C25H31N3O5S. The molecule has 3 rings (SSSR count). The standard InChI is InChI=1S/C25H31N3O5S/c1-17(2)15-26-24(30)19(4)27(16-20-9-7-8-18(3)14-20)23(29)12-13-28-25(31)21-10-5-6-11-22(21)34(28,32)33/h5-11,14,17,19H,12-13,15-16H2,1-4H3,(H,26,30)/t19-/m0/s1. The Balaban J connectivity index is 1.78. The van der Waals surface area contributed by atoms with Gasteiger partial charge in [-0.3, -0.25) is 14.4 Å². The molecule has 0 fully saturated rings. The summed E-state index contributed by atoms with van der Waals surface area (Å²) in [6, 6.07) is 12.9. The van der Waals surface area contributed by atoms with Crippen LogP contribution in [0.3, 0.4) is 0 Å². The van der Waals surface area contributed by atoms with Gasteiger partial charge in [0.2, 0.25) is 11.8 Å². The van der Waals surface area contributed by atoms with Crippen LogP contribution in [0.2, 0.25) is 0 Å². The summed E-state index contributed by atoms with van der Waals surface area (Å²) in [4.78, 5) is 40.1. The molecule has 0 spiro atoms. The van der Waals surface area contributed by atoms with Crippen LogP contribution in [0.25, 0.3) is 0 Å². The Hall–Kier alpha value is -3.20. The Labute approximate surface area is 201 Å². The Morgan fingerprint density at radius 1 is 1.06 bits per heavy atom. The van der Waals surface area contributed by atoms with E-state index in [1.165, 1.54) is 17.0 Å². The number of amides is 3. The van der Waals surface area contributed by atoms with Crippen molar-refractivity contribution in [3.63, 3.8) is 0 Å². The molecule has 1 heterocycles. The highest BCUT2D eigenvalue weighted by Crippen LogP contribution is 2.30. The molecule has 0 unspecified atom stereocenters. The molecule has 0 radical (unpaired) electrons. The van der Waals surface area contributed by atoms with Gasteiger partial charge in [-0.1, -0.05) is 55.8 Å². The maximum atomic E-state index is 13.3. The molecule has 0 saturated heterocycles. The predicted octanol–water partition coefficient (Wildman–Crippen LogP) is 2.72. The third-order valence-electron chi connectivity index (χ3n) is 5.73. The average molecular weight is 486 g/mol. The van der Waals surface area contributed by atoms with Gasteiger partial charge in [-0.2, -0.15) is 0 Å². The highest BCUT2D eigenvalue weighted by atomic mass is 32.2. The first-order chi connectivity index (χ1) is 16.0. The molecule has 0 aromatic heterocycles. The number of benzene rings is 2. The van der Waals surface area contributed by atoms with E-state index in [0.717, 1.165) is 15.4 Å². The van der Waals surface area contributed by atoms with Crippen LogP contribution in [-0.2, 0) is 26.2 Å². The van der Waals surface area contributed by atoms with Crippen molar-refractivity contribution in [1.29, 1.82) is 0 Å². The minimum Gasteiger partial charge on any atom is -0.354 e. The largest absolute Gasteiger partial charge is 0.354 e. The minimum absolute atomic E-state index is 0.0505. The van der Waals surface area contributed by atoms with Crippen molar-refractivity contribution in [2.75, 3.05) is 13.1 Å². The van der Waals surface area contributed by atoms with Gasteiger partial charge in [0.25, 0.3) is 15.9 Å². The fourth-order valence-electron chi connectivity index (χ4n) is 3.84. The molecule has 34 heavy (non-hydrogen) atoms. The molecule has 182 valence electrons. The summed E-state index contributed by atoms with van der Waals surface area (Å²) in [7, 11) is -4.00. The fourth-order valence-corrected chi connectivity index (χ4v) is 5.40. The van der Waals surface area contributed by atoms with Crippen LogP contribution in [-0.4, -0.2) is 54.5 Å². The zero-order valence-corrected chi connectivity index (χ0v) is 20.8. The molecule has 8 nitrogen and oxygen atoms in total. The summed E-state index contributed by atoms with van der Waals surface area (Å²) in [6.07, 6.45) is -0.230. The lowest BCUT2D eigenvalue weighted by molar-refractivity contribution is -0.140. The van der Waals surface area contributed by atoms with Crippen LogP contribution in [0.1, 0.15) is 48.7 Å². The second-order valence-corrected chi connectivity index (χ2v) is 10.8. The Morgan fingerprint density at radius 2 is 1.76 bits per heavy atom. The van der Waals surface area contributed by atoms with Crippen LogP contribution < -0.4 is 5.32 Å². The van der Waals surface area contributed by atoms with Gasteiger partial charge in [0.15, 0.2) is 0 Å². The van der Waals surface area contributed by atoms with E-state index in [1.54, 1.807) is 19.1 Å². The summed E-state index contributed by atoms with van der Waals surface area (Å²) in [5.41, 5.74) is 1.98. The predicted molar refractivity (Wildman–Crippen MR) is 128 cm³/mol. The van der Waals surface area contributed by atoms with E-state index >= 15 is 0 Å². The summed E-state index contributed by atoms with van der Waals surface area (Å²) < 4.78 is 26.4. The van der Waals surface area contributed by atoms with Gasteiger partial charge in [0.1, 0.15) is 10.9 Å². The first kappa shape index (κ1) is 25.4. The van der Waals surface area contributed by atoms with Crippen molar-refractivity contribution in [1.82, 2.24) is 14.5 Å². The molecule has 0 aliphatic carbocycles. The van der Waals surface area contributed by atoms with Crippen molar-refractivity contribution in [3.8, 4) is 0 Å². The first-order valence-electron chi connectivity index (χ1n) is 11.3. The van der Waals surface area contributed by atoms with Crippen LogP contribution in [0, 0.1) is 12.8 Å². The topological polar surface area (TPSA) is 104 Å². The number of fused-ring (bicyclic) bond motifs is 1. The number of nitrogens with one attached hydrogen (secondary N) is 1. The lowest BCUT2D eigenvalue weighted by Gasteiger charge is -2.29. The Kier molecular flexibility index (Phi) is 7.76. The second kappa shape index (κ2) is 10.4. The number of hydrogen-bond acceptors (Lipinski definition) is 5. The van der Waals surface area contributed by atoms with Gasteiger partial charge >= 0.3 is 0 Å². The molecule has 2 aromatic rings. The lowest BCUT2D eigenvalue weighted by atomic mass is 10.1. The van der Waals surface area contributed by atoms with Crippen molar-refractivity contribution in [2.45, 2.75) is 51.6 Å². The number of carbonyl (C=O) groups excluding carboxylic acids is 3. The van der Waals surface area contributed by atoms with Crippen molar-refractivity contribution in [3.05, 3.63) is 65.2 Å². The van der Waals surface area contributed by atoms with Crippen molar-refractivity contribution in [2.24, 2.45) is 5.92 Å². The maximum absolute atomic E-state index is 13.3. The van der Waals surface area contributed by atoms with Crippen LogP contribution in [0.5, 0.6) is 0 Å². The fraction of sp³-hybridized carbons (Fsp3) is 0.400. The van der Waals surface area contributed by atoms with Crippen LogP contribution >= 0.6 is 0 Å². The van der Waals surface area contributed by atoms with Crippen molar-refractivity contribution >= 4 is 27.7 Å². The molecule has 0 saturated carbocycles. The molecular weight excluding hydrogens is 454 g/mol. The average Bonchev–Trinajstić information content (AvgIpc) is 2.99. The summed E-state index contributed by atoms with van der Waals surface area (Å²) in [5, 5.41) is 2.85. The minimum atomic E-state index is -4.00. The number of aryl methyl sites for hydroxylation is 1. The van der Waals surface area contributed by atoms with Crippen LogP contribution in [0.4, 0.5) is 0 Å².